The smallest absolute Gasteiger partial charge is 0.131 e. The van der Waals surface area contributed by atoms with Crippen molar-refractivity contribution in [2.45, 2.75) is 12.5 Å². The second-order valence-electron chi connectivity index (χ2n) is 4.78. The van der Waals surface area contributed by atoms with E-state index in [0.717, 1.165) is 11.3 Å². The van der Waals surface area contributed by atoms with E-state index < -0.39 is 5.60 Å². The molecule has 0 fully saturated rings. The van der Waals surface area contributed by atoms with Crippen LogP contribution >= 0.6 is 0 Å². The summed E-state index contributed by atoms with van der Waals surface area (Å²) in [7, 11) is 1.61. The summed E-state index contributed by atoms with van der Waals surface area (Å²) in [5, 5.41) is 10.1. The SMILES string of the molecule is COc1cccc(Oc2ccc(C(C)(O)CN)cc2)c1. The van der Waals surface area contributed by atoms with Crippen LogP contribution in [0.4, 0.5) is 0 Å². The molecule has 0 aliphatic carbocycles. The summed E-state index contributed by atoms with van der Waals surface area (Å²) in [6.07, 6.45) is 0. The van der Waals surface area contributed by atoms with Crippen molar-refractivity contribution in [2.75, 3.05) is 13.7 Å². The predicted octanol–water partition coefficient (Wildman–Crippen LogP) is 2.65. The lowest BCUT2D eigenvalue weighted by molar-refractivity contribution is 0.0668. The maximum absolute atomic E-state index is 10.1. The van der Waals surface area contributed by atoms with Crippen LogP contribution in [-0.2, 0) is 5.60 Å². The molecule has 0 aliphatic heterocycles. The number of ether oxygens (including phenoxy) is 2. The van der Waals surface area contributed by atoms with E-state index in [1.807, 2.05) is 36.4 Å². The third-order valence-corrected chi connectivity index (χ3v) is 3.15. The fourth-order valence-electron chi connectivity index (χ4n) is 1.80. The van der Waals surface area contributed by atoms with Crippen molar-refractivity contribution in [3.05, 3.63) is 54.1 Å². The molecule has 106 valence electrons. The fourth-order valence-corrected chi connectivity index (χ4v) is 1.80. The van der Waals surface area contributed by atoms with Gasteiger partial charge in [0, 0.05) is 12.6 Å². The summed E-state index contributed by atoms with van der Waals surface area (Å²) >= 11 is 0. The molecule has 3 N–H and O–H groups in total. The number of rotatable bonds is 5. The highest BCUT2D eigenvalue weighted by molar-refractivity contribution is 5.38. The van der Waals surface area contributed by atoms with Crippen LogP contribution in [0.2, 0.25) is 0 Å². The topological polar surface area (TPSA) is 64.7 Å². The second kappa shape index (κ2) is 5.94. The van der Waals surface area contributed by atoms with Gasteiger partial charge in [-0.3, -0.25) is 0 Å². The summed E-state index contributed by atoms with van der Waals surface area (Å²) < 4.78 is 10.9. The first-order chi connectivity index (χ1) is 9.55. The Morgan fingerprint density at radius 2 is 1.70 bits per heavy atom. The molecule has 0 aliphatic rings. The number of benzene rings is 2. The molecule has 0 saturated carbocycles. The van der Waals surface area contributed by atoms with E-state index in [4.69, 9.17) is 15.2 Å². The highest BCUT2D eigenvalue weighted by atomic mass is 16.5. The van der Waals surface area contributed by atoms with Gasteiger partial charge in [0.2, 0.25) is 0 Å². The number of hydrogen-bond donors (Lipinski definition) is 2. The van der Waals surface area contributed by atoms with Crippen LogP contribution in [0.5, 0.6) is 17.2 Å². The zero-order valence-electron chi connectivity index (χ0n) is 11.7. The molecule has 1 atom stereocenters. The van der Waals surface area contributed by atoms with Gasteiger partial charge in [-0.05, 0) is 36.8 Å². The molecule has 4 nitrogen and oxygen atoms in total. The molecule has 0 spiro atoms. The Labute approximate surface area is 118 Å². The van der Waals surface area contributed by atoms with Crippen LogP contribution in [0, 0.1) is 0 Å². The summed E-state index contributed by atoms with van der Waals surface area (Å²) in [5.41, 5.74) is 5.28. The maximum Gasteiger partial charge on any atom is 0.131 e. The van der Waals surface area contributed by atoms with Gasteiger partial charge in [-0.25, -0.2) is 0 Å². The molecule has 1 unspecified atom stereocenters. The normalized spacial score (nSPS) is 13.6. The molecule has 0 aromatic heterocycles. The van der Waals surface area contributed by atoms with Crippen molar-refractivity contribution in [1.29, 1.82) is 0 Å². The lowest BCUT2D eigenvalue weighted by Gasteiger charge is -2.21. The van der Waals surface area contributed by atoms with E-state index in [0.29, 0.717) is 11.5 Å². The number of aliphatic hydroxyl groups is 1. The molecule has 2 aromatic rings. The zero-order chi connectivity index (χ0) is 14.6. The largest absolute Gasteiger partial charge is 0.497 e. The van der Waals surface area contributed by atoms with E-state index >= 15 is 0 Å². The molecule has 0 heterocycles. The van der Waals surface area contributed by atoms with Gasteiger partial charge in [0.1, 0.15) is 17.2 Å². The van der Waals surface area contributed by atoms with Crippen molar-refractivity contribution in [3.63, 3.8) is 0 Å². The van der Waals surface area contributed by atoms with Crippen LogP contribution < -0.4 is 15.2 Å². The van der Waals surface area contributed by atoms with Gasteiger partial charge in [-0.15, -0.1) is 0 Å². The summed E-state index contributed by atoms with van der Waals surface area (Å²) in [5.74, 6) is 2.13. The minimum absolute atomic E-state index is 0.170. The Morgan fingerprint density at radius 3 is 2.30 bits per heavy atom. The molecule has 0 saturated heterocycles. The molecule has 20 heavy (non-hydrogen) atoms. The maximum atomic E-state index is 10.1. The first-order valence-electron chi connectivity index (χ1n) is 6.40. The van der Waals surface area contributed by atoms with Crippen LogP contribution in [0.1, 0.15) is 12.5 Å². The van der Waals surface area contributed by atoms with E-state index in [1.165, 1.54) is 0 Å². The zero-order valence-corrected chi connectivity index (χ0v) is 11.7. The minimum atomic E-state index is -1.02. The molecular formula is C16H19NO3. The van der Waals surface area contributed by atoms with Gasteiger partial charge in [0.15, 0.2) is 0 Å². The van der Waals surface area contributed by atoms with Gasteiger partial charge in [0.25, 0.3) is 0 Å². The van der Waals surface area contributed by atoms with E-state index in [1.54, 1.807) is 26.2 Å². The van der Waals surface area contributed by atoms with Crippen molar-refractivity contribution in [3.8, 4) is 17.2 Å². The van der Waals surface area contributed by atoms with Crippen molar-refractivity contribution in [2.24, 2.45) is 5.73 Å². The lowest BCUT2D eigenvalue weighted by atomic mass is 9.96. The molecule has 0 bridgehead atoms. The van der Waals surface area contributed by atoms with Gasteiger partial charge >= 0.3 is 0 Å². The monoisotopic (exact) mass is 273 g/mol. The molecule has 0 radical (unpaired) electrons. The average Bonchev–Trinajstić information content (AvgIpc) is 2.48. The third kappa shape index (κ3) is 3.29. The van der Waals surface area contributed by atoms with Crippen molar-refractivity contribution in [1.82, 2.24) is 0 Å². The molecular weight excluding hydrogens is 254 g/mol. The van der Waals surface area contributed by atoms with Crippen LogP contribution in [0.25, 0.3) is 0 Å². The van der Waals surface area contributed by atoms with Gasteiger partial charge < -0.3 is 20.3 Å². The van der Waals surface area contributed by atoms with Crippen LogP contribution in [0.3, 0.4) is 0 Å². The van der Waals surface area contributed by atoms with Crippen LogP contribution in [-0.4, -0.2) is 18.8 Å². The first-order valence-corrected chi connectivity index (χ1v) is 6.40. The molecule has 2 aromatic carbocycles. The second-order valence-corrected chi connectivity index (χ2v) is 4.78. The summed E-state index contributed by atoms with van der Waals surface area (Å²) in [6, 6.07) is 14.6. The highest BCUT2D eigenvalue weighted by Gasteiger charge is 2.20. The number of hydrogen-bond acceptors (Lipinski definition) is 4. The molecule has 0 amide bonds. The quantitative estimate of drug-likeness (QED) is 0.879. The van der Waals surface area contributed by atoms with E-state index in [2.05, 4.69) is 0 Å². The van der Waals surface area contributed by atoms with E-state index in [-0.39, 0.29) is 6.54 Å². The van der Waals surface area contributed by atoms with E-state index in [9.17, 15) is 5.11 Å². The molecule has 2 rings (SSSR count). The third-order valence-electron chi connectivity index (χ3n) is 3.15. The lowest BCUT2D eigenvalue weighted by Crippen LogP contribution is -2.31. The van der Waals surface area contributed by atoms with Gasteiger partial charge in [-0.1, -0.05) is 18.2 Å². The van der Waals surface area contributed by atoms with Crippen LogP contribution in [0.15, 0.2) is 48.5 Å². The van der Waals surface area contributed by atoms with Gasteiger partial charge in [-0.2, -0.15) is 0 Å². The Balaban J connectivity index is 2.14. The molecule has 4 heteroatoms. The average molecular weight is 273 g/mol. The predicted molar refractivity (Wildman–Crippen MR) is 78.1 cm³/mol. The van der Waals surface area contributed by atoms with Crippen molar-refractivity contribution >= 4 is 0 Å². The number of methoxy groups -OCH3 is 1. The first kappa shape index (κ1) is 14.4. The highest BCUT2D eigenvalue weighted by Crippen LogP contribution is 2.27. The summed E-state index contributed by atoms with van der Waals surface area (Å²) in [6.45, 7) is 1.86. The number of nitrogens with two attached hydrogens (primary N) is 1. The minimum Gasteiger partial charge on any atom is -0.497 e. The van der Waals surface area contributed by atoms with Crippen molar-refractivity contribution < 1.29 is 14.6 Å². The Hall–Kier alpha value is -2.04. The Kier molecular flexibility index (Phi) is 4.27. The van der Waals surface area contributed by atoms with Gasteiger partial charge in [0.05, 0.1) is 12.7 Å². The fraction of sp³-hybridized carbons (Fsp3) is 0.250. The summed E-state index contributed by atoms with van der Waals surface area (Å²) in [4.78, 5) is 0. The standard InChI is InChI=1S/C16H19NO3/c1-16(18,11-17)12-6-8-13(9-7-12)20-15-5-3-4-14(10-15)19-2/h3-10,18H,11,17H2,1-2H3. The Bertz CT molecular complexity index is 564. The Morgan fingerprint density at radius 1 is 1.05 bits per heavy atom.